The fourth-order valence-electron chi connectivity index (χ4n) is 1.10. The number of hydrogen-bond donors (Lipinski definition) is 1. The molecule has 0 aromatic heterocycles. The molecule has 0 unspecified atom stereocenters. The number of nitrogens with two attached hydrogens (primary N) is 1. The standard InChI is InChI=1S/C9H7F5IN/c10-8(11,9(12,13)14)7(16)5-3-1-2-4-6(5)15/h1-4,7H,16H2/t7-/m0/s1. The first-order valence-electron chi connectivity index (χ1n) is 4.12. The monoisotopic (exact) mass is 351 g/mol. The topological polar surface area (TPSA) is 26.0 Å². The molecule has 0 radical (unpaired) electrons. The summed E-state index contributed by atoms with van der Waals surface area (Å²) in [6, 6.07) is 3.09. The number of hydrogen-bond acceptors (Lipinski definition) is 1. The molecule has 0 heterocycles. The fraction of sp³-hybridized carbons (Fsp3) is 0.333. The van der Waals surface area contributed by atoms with Gasteiger partial charge in [0, 0.05) is 3.57 Å². The summed E-state index contributed by atoms with van der Waals surface area (Å²) in [6.45, 7) is 0. The van der Waals surface area contributed by atoms with Crippen molar-refractivity contribution >= 4 is 22.6 Å². The quantitative estimate of drug-likeness (QED) is 0.641. The van der Waals surface area contributed by atoms with Gasteiger partial charge in [-0.15, -0.1) is 0 Å². The highest BCUT2D eigenvalue weighted by molar-refractivity contribution is 14.1. The van der Waals surface area contributed by atoms with Gasteiger partial charge in [-0.1, -0.05) is 18.2 Å². The molecular formula is C9H7F5IN. The van der Waals surface area contributed by atoms with Crippen LogP contribution in [0.25, 0.3) is 0 Å². The van der Waals surface area contributed by atoms with Crippen molar-refractivity contribution in [3.05, 3.63) is 33.4 Å². The van der Waals surface area contributed by atoms with Gasteiger partial charge >= 0.3 is 12.1 Å². The summed E-state index contributed by atoms with van der Waals surface area (Å²) in [6.07, 6.45) is -5.65. The van der Waals surface area contributed by atoms with Gasteiger partial charge in [-0.25, -0.2) is 0 Å². The maximum absolute atomic E-state index is 12.9. The van der Waals surface area contributed by atoms with Crippen LogP contribution in [0.5, 0.6) is 0 Å². The van der Waals surface area contributed by atoms with E-state index < -0.39 is 18.1 Å². The summed E-state index contributed by atoms with van der Waals surface area (Å²) in [4.78, 5) is 0. The van der Waals surface area contributed by atoms with Crippen LogP contribution < -0.4 is 5.73 Å². The lowest BCUT2D eigenvalue weighted by Crippen LogP contribution is -2.46. The molecule has 0 saturated carbocycles. The van der Waals surface area contributed by atoms with Crippen molar-refractivity contribution in [3.8, 4) is 0 Å². The van der Waals surface area contributed by atoms with Gasteiger partial charge in [-0.3, -0.25) is 0 Å². The van der Waals surface area contributed by atoms with Crippen LogP contribution in [0.4, 0.5) is 22.0 Å². The largest absolute Gasteiger partial charge is 0.455 e. The van der Waals surface area contributed by atoms with E-state index in [1.165, 1.54) is 18.2 Å². The number of benzene rings is 1. The molecule has 1 rings (SSSR count). The Morgan fingerprint density at radius 2 is 1.56 bits per heavy atom. The van der Waals surface area contributed by atoms with Crippen molar-refractivity contribution in [3.63, 3.8) is 0 Å². The first kappa shape index (κ1) is 13.6. The summed E-state index contributed by atoms with van der Waals surface area (Å²) in [7, 11) is 0. The zero-order valence-electron chi connectivity index (χ0n) is 7.73. The third-order valence-corrected chi connectivity index (χ3v) is 2.99. The molecule has 16 heavy (non-hydrogen) atoms. The molecule has 90 valence electrons. The smallest absolute Gasteiger partial charge is 0.319 e. The summed E-state index contributed by atoms with van der Waals surface area (Å²) < 4.78 is 62.4. The van der Waals surface area contributed by atoms with Crippen molar-refractivity contribution < 1.29 is 22.0 Å². The Hall–Kier alpha value is -0.440. The Kier molecular flexibility index (Phi) is 3.78. The van der Waals surface area contributed by atoms with E-state index in [0.717, 1.165) is 6.07 Å². The van der Waals surface area contributed by atoms with Gasteiger partial charge in [0.05, 0.1) is 0 Å². The minimum atomic E-state index is -5.65. The van der Waals surface area contributed by atoms with Crippen LogP contribution in [0, 0.1) is 3.57 Å². The van der Waals surface area contributed by atoms with Crippen LogP contribution in [0.3, 0.4) is 0 Å². The molecule has 1 nitrogen and oxygen atoms in total. The molecule has 0 amide bonds. The van der Waals surface area contributed by atoms with E-state index in [1.54, 1.807) is 22.6 Å². The Labute approximate surface area is 102 Å². The summed E-state index contributed by atoms with van der Waals surface area (Å²) in [5, 5.41) is 0. The lowest BCUT2D eigenvalue weighted by atomic mass is 10.0. The van der Waals surface area contributed by atoms with Crippen LogP contribution in [0.2, 0.25) is 0 Å². The first-order chi connectivity index (χ1) is 7.18. The third kappa shape index (κ3) is 2.45. The van der Waals surface area contributed by atoms with Crippen molar-refractivity contribution in [2.45, 2.75) is 18.1 Å². The van der Waals surface area contributed by atoms with Gasteiger partial charge in [-0.05, 0) is 34.2 Å². The predicted molar refractivity (Wildman–Crippen MR) is 57.1 cm³/mol. The third-order valence-electron chi connectivity index (χ3n) is 2.01. The normalized spacial score (nSPS) is 14.9. The van der Waals surface area contributed by atoms with Crippen molar-refractivity contribution in [1.82, 2.24) is 0 Å². The molecule has 7 heteroatoms. The molecule has 2 N–H and O–H groups in total. The Morgan fingerprint density at radius 1 is 1.06 bits per heavy atom. The van der Waals surface area contributed by atoms with Crippen molar-refractivity contribution in [2.24, 2.45) is 5.73 Å². The lowest BCUT2D eigenvalue weighted by Gasteiger charge is -2.26. The average molecular weight is 351 g/mol. The number of rotatable bonds is 2. The molecule has 1 aromatic rings. The van der Waals surface area contributed by atoms with Crippen LogP contribution in [0.1, 0.15) is 11.6 Å². The highest BCUT2D eigenvalue weighted by atomic mass is 127. The highest BCUT2D eigenvalue weighted by Crippen LogP contribution is 2.43. The van der Waals surface area contributed by atoms with Crippen LogP contribution >= 0.6 is 22.6 Å². The van der Waals surface area contributed by atoms with E-state index in [1.807, 2.05) is 0 Å². The van der Waals surface area contributed by atoms with E-state index in [2.05, 4.69) is 0 Å². The molecule has 0 spiro atoms. The number of alkyl halides is 5. The van der Waals surface area contributed by atoms with Crippen molar-refractivity contribution in [1.29, 1.82) is 0 Å². The average Bonchev–Trinajstić information content (AvgIpc) is 2.15. The van der Waals surface area contributed by atoms with E-state index >= 15 is 0 Å². The zero-order valence-corrected chi connectivity index (χ0v) is 9.89. The second-order valence-corrected chi connectivity index (χ2v) is 4.28. The molecular weight excluding hydrogens is 344 g/mol. The molecule has 0 aliphatic heterocycles. The first-order valence-corrected chi connectivity index (χ1v) is 5.20. The summed E-state index contributed by atoms with van der Waals surface area (Å²) >= 11 is 1.66. The maximum atomic E-state index is 12.9. The van der Waals surface area contributed by atoms with Crippen LogP contribution in [-0.2, 0) is 0 Å². The minimum Gasteiger partial charge on any atom is -0.319 e. The Morgan fingerprint density at radius 3 is 2.00 bits per heavy atom. The molecule has 0 aliphatic carbocycles. The summed E-state index contributed by atoms with van der Waals surface area (Å²) in [5.74, 6) is -4.94. The predicted octanol–water partition coefficient (Wildman–Crippen LogP) is 3.49. The van der Waals surface area contributed by atoms with Crippen molar-refractivity contribution in [2.75, 3.05) is 0 Å². The van der Waals surface area contributed by atoms with E-state index in [-0.39, 0.29) is 9.13 Å². The Bertz CT molecular complexity index is 376. The second kappa shape index (κ2) is 4.44. The second-order valence-electron chi connectivity index (χ2n) is 3.12. The van der Waals surface area contributed by atoms with Gasteiger partial charge in [0.25, 0.3) is 0 Å². The van der Waals surface area contributed by atoms with E-state index in [4.69, 9.17) is 5.73 Å². The van der Waals surface area contributed by atoms with E-state index in [9.17, 15) is 22.0 Å². The Balaban J connectivity index is 3.12. The van der Waals surface area contributed by atoms with Gasteiger partial charge in [0.15, 0.2) is 0 Å². The molecule has 1 aromatic carbocycles. The van der Waals surface area contributed by atoms with Gasteiger partial charge in [0.2, 0.25) is 0 Å². The fourth-order valence-corrected chi connectivity index (χ4v) is 1.82. The van der Waals surface area contributed by atoms with Gasteiger partial charge in [-0.2, -0.15) is 22.0 Å². The van der Waals surface area contributed by atoms with Crippen LogP contribution in [0.15, 0.2) is 24.3 Å². The SMILES string of the molecule is N[C@@H](c1ccccc1I)C(F)(F)C(F)(F)F. The molecule has 0 saturated heterocycles. The highest BCUT2D eigenvalue weighted by Gasteiger charge is 2.61. The molecule has 1 atom stereocenters. The lowest BCUT2D eigenvalue weighted by molar-refractivity contribution is -0.291. The minimum absolute atomic E-state index is 0.217. The molecule has 0 bridgehead atoms. The maximum Gasteiger partial charge on any atom is 0.455 e. The molecule has 0 aliphatic rings. The van der Waals surface area contributed by atoms with Crippen LogP contribution in [-0.4, -0.2) is 12.1 Å². The molecule has 0 fully saturated rings. The number of halogens is 6. The van der Waals surface area contributed by atoms with E-state index in [0.29, 0.717) is 0 Å². The summed E-state index contributed by atoms with van der Waals surface area (Å²) in [5.41, 5.74) is 4.77. The zero-order chi connectivity index (χ0) is 12.6. The van der Waals surface area contributed by atoms with Gasteiger partial charge in [0.1, 0.15) is 6.04 Å². The van der Waals surface area contributed by atoms with Gasteiger partial charge < -0.3 is 5.73 Å².